The molecule has 2 aliphatic heterocycles. The van der Waals surface area contributed by atoms with Crippen molar-refractivity contribution in [1.82, 2.24) is 20.4 Å². The number of amides is 2. The maximum Gasteiger partial charge on any atom is 0.356 e. The molecule has 1 saturated heterocycles. The van der Waals surface area contributed by atoms with Crippen LogP contribution in [0.4, 0.5) is 5.13 Å². The van der Waals surface area contributed by atoms with Gasteiger partial charge in [0, 0.05) is 22.8 Å². The highest BCUT2D eigenvalue weighted by molar-refractivity contribution is 8.00. The van der Waals surface area contributed by atoms with Crippen molar-refractivity contribution in [2.45, 2.75) is 31.4 Å². The Morgan fingerprint density at radius 2 is 1.84 bits per heavy atom. The van der Waals surface area contributed by atoms with Crippen LogP contribution in [0.25, 0.3) is 5.57 Å². The zero-order chi connectivity index (χ0) is 31.5. The van der Waals surface area contributed by atoms with Gasteiger partial charge in [0.2, 0.25) is 0 Å². The number of thiazole rings is 1. The summed E-state index contributed by atoms with van der Waals surface area (Å²) in [6, 6.07) is 19.5. The molecule has 13 heteroatoms. The van der Waals surface area contributed by atoms with Gasteiger partial charge >= 0.3 is 5.97 Å². The summed E-state index contributed by atoms with van der Waals surface area (Å²) < 4.78 is 17.1. The molecule has 2 aliphatic rings. The first-order valence-electron chi connectivity index (χ1n) is 14.1. The van der Waals surface area contributed by atoms with Gasteiger partial charge in [-0.1, -0.05) is 66.7 Å². The third-order valence-electron chi connectivity index (χ3n) is 7.29. The molecule has 1 fully saturated rings. The summed E-state index contributed by atoms with van der Waals surface area (Å²) in [5, 5.41) is 8.18. The summed E-state index contributed by atoms with van der Waals surface area (Å²) in [5.74, 6) is -0.402. The number of anilines is 1. The molecule has 6 rings (SSSR count). The fraction of sp³-hybridized carbons (Fsp3) is 0.219. The number of esters is 1. The molecule has 2 amide bonds. The fourth-order valence-electron chi connectivity index (χ4n) is 5.13. The lowest BCUT2D eigenvalue weighted by Crippen LogP contribution is -2.70. The molecule has 2 atom stereocenters. The second kappa shape index (κ2) is 13.0. The van der Waals surface area contributed by atoms with Gasteiger partial charge in [-0.2, -0.15) is 0 Å². The van der Waals surface area contributed by atoms with Crippen LogP contribution in [-0.4, -0.2) is 56.6 Å². The smallest absolute Gasteiger partial charge is 0.356 e. The van der Waals surface area contributed by atoms with Crippen LogP contribution in [0, 0.1) is 6.92 Å². The molecule has 2 aromatic carbocycles. The van der Waals surface area contributed by atoms with E-state index in [9.17, 15) is 14.4 Å². The van der Waals surface area contributed by atoms with E-state index in [0.29, 0.717) is 33.5 Å². The van der Waals surface area contributed by atoms with E-state index >= 15 is 0 Å². The third kappa shape index (κ3) is 6.22. The number of nitrogens with two attached hydrogens (primary N) is 1. The van der Waals surface area contributed by atoms with Gasteiger partial charge in [-0.25, -0.2) is 9.78 Å². The Balaban J connectivity index is 1.28. The van der Waals surface area contributed by atoms with Crippen molar-refractivity contribution in [3.05, 3.63) is 112 Å². The van der Waals surface area contributed by atoms with Gasteiger partial charge in [0.1, 0.15) is 29.5 Å². The number of nitrogen functional groups attached to an aromatic ring is 1. The summed E-state index contributed by atoms with van der Waals surface area (Å²) in [7, 11) is 0. The molecule has 0 radical (unpaired) electrons. The lowest BCUT2D eigenvalue weighted by atomic mass is 10.0. The average Bonchev–Trinajstić information content (AvgIpc) is 3.69. The van der Waals surface area contributed by atoms with E-state index in [4.69, 9.17) is 19.7 Å². The number of benzene rings is 2. The van der Waals surface area contributed by atoms with E-state index in [2.05, 4.69) is 15.5 Å². The number of β-lactam (4-membered cyclic amide) rings is 1. The average molecular weight is 644 g/mol. The molecule has 0 saturated carbocycles. The minimum Gasteiger partial charge on any atom is -0.471 e. The van der Waals surface area contributed by atoms with Crippen LogP contribution in [0.3, 0.4) is 0 Å². The fourth-order valence-corrected chi connectivity index (χ4v) is 7.02. The number of ether oxygens (including phenoxy) is 2. The monoisotopic (exact) mass is 643 g/mol. The minimum absolute atomic E-state index is 0.0216. The first kappa shape index (κ1) is 30.2. The molecule has 11 nitrogen and oxygen atoms in total. The Kier molecular flexibility index (Phi) is 8.71. The number of nitrogens with zero attached hydrogens (tertiary/aromatic N) is 3. The third-order valence-corrected chi connectivity index (χ3v) is 9.30. The standard InChI is InChI=1S/C32H29N5O6S2/c1-3-22(23-17-45-32(33)34-23)28(38)35-25-29(39)37-26(21(16-44-30(25)37)15-41-24-14-18(2)43-36-24)31(40)42-27(19-10-6-4-7-11-19)20-12-8-5-9-13-20/h3-14,17,25,27,30H,15-16H2,1-2H3,(H2,33,34)(H,35,38)/b22-3-/t25?,30-/m1/s1. The number of hydrogen-bond acceptors (Lipinski definition) is 11. The molecule has 45 heavy (non-hydrogen) atoms. The number of nitrogens with one attached hydrogen (secondary N) is 1. The molecule has 4 aromatic rings. The summed E-state index contributed by atoms with van der Waals surface area (Å²) in [6.45, 7) is 3.43. The maximum absolute atomic E-state index is 14.1. The Morgan fingerprint density at radius 3 is 2.42 bits per heavy atom. The van der Waals surface area contributed by atoms with Crippen LogP contribution in [0.15, 0.2) is 94.0 Å². The van der Waals surface area contributed by atoms with E-state index in [1.165, 1.54) is 28.0 Å². The van der Waals surface area contributed by atoms with Crippen molar-refractivity contribution >= 4 is 51.6 Å². The molecule has 4 heterocycles. The normalized spacial score (nSPS) is 18.0. The van der Waals surface area contributed by atoms with Crippen molar-refractivity contribution in [2.75, 3.05) is 18.1 Å². The lowest BCUT2D eigenvalue weighted by Gasteiger charge is -2.49. The van der Waals surface area contributed by atoms with Gasteiger partial charge in [0.15, 0.2) is 11.2 Å². The van der Waals surface area contributed by atoms with E-state index in [0.717, 1.165) is 11.1 Å². The number of allylic oxidation sites excluding steroid dienone is 1. The predicted molar refractivity (Wildman–Crippen MR) is 170 cm³/mol. The predicted octanol–water partition coefficient (Wildman–Crippen LogP) is 4.49. The number of aromatic nitrogens is 2. The highest BCUT2D eigenvalue weighted by atomic mass is 32.2. The number of carbonyl (C=O) groups is 3. The molecule has 230 valence electrons. The molecule has 0 spiro atoms. The molecule has 2 aromatic heterocycles. The van der Waals surface area contributed by atoms with Crippen LogP contribution in [0.1, 0.15) is 35.6 Å². The highest BCUT2D eigenvalue weighted by Gasteiger charge is 2.55. The molecule has 1 unspecified atom stereocenters. The molecular formula is C32H29N5O6S2. The molecule has 0 bridgehead atoms. The van der Waals surface area contributed by atoms with E-state index in [1.807, 2.05) is 60.7 Å². The van der Waals surface area contributed by atoms with Crippen LogP contribution in [0.2, 0.25) is 0 Å². The largest absolute Gasteiger partial charge is 0.471 e. The molecule has 0 aliphatic carbocycles. The summed E-state index contributed by atoms with van der Waals surface area (Å²) in [4.78, 5) is 46.6. The number of fused-ring (bicyclic) bond motifs is 1. The second-order valence-corrected chi connectivity index (χ2v) is 12.3. The van der Waals surface area contributed by atoms with Gasteiger partial charge < -0.3 is 25.0 Å². The minimum atomic E-state index is -0.865. The van der Waals surface area contributed by atoms with Crippen molar-refractivity contribution in [1.29, 1.82) is 0 Å². The Bertz CT molecular complexity index is 1750. The van der Waals surface area contributed by atoms with Gasteiger partial charge in [-0.05, 0) is 30.1 Å². The van der Waals surface area contributed by atoms with Gasteiger partial charge in [-0.3, -0.25) is 14.5 Å². The topological polar surface area (TPSA) is 150 Å². The van der Waals surface area contributed by atoms with Crippen molar-refractivity contribution in [3.63, 3.8) is 0 Å². The first-order chi connectivity index (χ1) is 21.8. The number of rotatable bonds is 10. The van der Waals surface area contributed by atoms with Crippen LogP contribution >= 0.6 is 23.1 Å². The van der Waals surface area contributed by atoms with Crippen LogP contribution in [0.5, 0.6) is 5.88 Å². The SMILES string of the molecule is C/C=C(\C(=O)NC1C(=O)N2C(C(=O)OC(c3ccccc3)c3ccccc3)=C(COc3cc(C)on3)CS[C@H]12)c1csc(N)n1. The van der Waals surface area contributed by atoms with Crippen molar-refractivity contribution < 1.29 is 28.4 Å². The summed E-state index contributed by atoms with van der Waals surface area (Å²) in [6.07, 6.45) is 0.894. The summed E-state index contributed by atoms with van der Waals surface area (Å²) >= 11 is 2.63. The van der Waals surface area contributed by atoms with E-state index in [-0.39, 0.29) is 18.2 Å². The zero-order valence-corrected chi connectivity index (χ0v) is 26.0. The molecular weight excluding hydrogens is 615 g/mol. The van der Waals surface area contributed by atoms with Gasteiger partial charge in [0.25, 0.3) is 17.7 Å². The molecule has 3 N–H and O–H groups in total. The second-order valence-electron chi connectivity index (χ2n) is 10.3. The number of carbonyl (C=O) groups excluding carboxylic acids is 3. The zero-order valence-electron chi connectivity index (χ0n) is 24.3. The first-order valence-corrected chi connectivity index (χ1v) is 16.0. The number of aryl methyl sites for hydroxylation is 1. The van der Waals surface area contributed by atoms with Gasteiger partial charge in [0.05, 0.1) is 11.3 Å². The van der Waals surface area contributed by atoms with E-state index < -0.39 is 35.3 Å². The highest BCUT2D eigenvalue weighted by Crippen LogP contribution is 2.42. The number of thioether (sulfide) groups is 1. The van der Waals surface area contributed by atoms with Crippen LogP contribution < -0.4 is 15.8 Å². The van der Waals surface area contributed by atoms with Crippen molar-refractivity contribution in [2.24, 2.45) is 0 Å². The van der Waals surface area contributed by atoms with Crippen molar-refractivity contribution in [3.8, 4) is 5.88 Å². The maximum atomic E-state index is 14.1. The quantitative estimate of drug-likeness (QED) is 0.144. The van der Waals surface area contributed by atoms with E-state index in [1.54, 1.807) is 31.4 Å². The Morgan fingerprint density at radius 1 is 1.16 bits per heavy atom. The Labute approximate surface area is 267 Å². The number of hydrogen-bond donors (Lipinski definition) is 2. The summed E-state index contributed by atoms with van der Waals surface area (Å²) in [5.41, 5.74) is 8.68. The Hall–Kier alpha value is -4.88. The van der Waals surface area contributed by atoms with Crippen LogP contribution in [-0.2, 0) is 19.1 Å². The lowest BCUT2D eigenvalue weighted by molar-refractivity contribution is -0.154. The van der Waals surface area contributed by atoms with Gasteiger partial charge in [-0.15, -0.1) is 23.1 Å².